The van der Waals surface area contributed by atoms with Crippen LogP contribution in [0.2, 0.25) is 0 Å². The van der Waals surface area contributed by atoms with Crippen LogP contribution >= 0.6 is 0 Å². The number of hydrogen-bond acceptors (Lipinski definition) is 4. The van der Waals surface area contributed by atoms with Gasteiger partial charge in [0, 0.05) is 5.92 Å². The molecule has 196 valence electrons. The van der Waals surface area contributed by atoms with Crippen LogP contribution in [0.3, 0.4) is 0 Å². The van der Waals surface area contributed by atoms with Crippen LogP contribution in [0.25, 0.3) is 0 Å². The van der Waals surface area contributed by atoms with E-state index < -0.39 is 6.10 Å². The van der Waals surface area contributed by atoms with E-state index in [1.54, 1.807) is 7.11 Å². The summed E-state index contributed by atoms with van der Waals surface area (Å²) < 4.78 is 17.3. The average Bonchev–Trinajstić information content (AvgIpc) is 3.01. The Morgan fingerprint density at radius 2 is 0.872 bits per heavy atom. The first-order valence-corrected chi connectivity index (χ1v) is 13.0. The molecule has 4 nitrogen and oxygen atoms in total. The summed E-state index contributed by atoms with van der Waals surface area (Å²) in [5.41, 5.74) is 5.02. The highest BCUT2D eigenvalue weighted by Gasteiger charge is 2.25. The Kier molecular flexibility index (Phi) is 8.57. The fourth-order valence-electron chi connectivity index (χ4n) is 4.58. The summed E-state index contributed by atoms with van der Waals surface area (Å²) in [6.07, 6.45) is -0.761. The molecule has 0 spiro atoms. The summed E-state index contributed by atoms with van der Waals surface area (Å²) in [5, 5.41) is 11.6. The lowest BCUT2D eigenvalue weighted by Crippen LogP contribution is -2.13. The van der Waals surface area contributed by atoms with Gasteiger partial charge in [-0.3, -0.25) is 0 Å². The van der Waals surface area contributed by atoms with E-state index in [2.05, 4.69) is 0 Å². The van der Waals surface area contributed by atoms with Gasteiger partial charge in [-0.25, -0.2) is 0 Å². The molecule has 0 aromatic heterocycles. The zero-order chi connectivity index (χ0) is 26.9. The lowest BCUT2D eigenvalue weighted by Gasteiger charge is -2.25. The van der Waals surface area contributed by atoms with Gasteiger partial charge in [-0.05, 0) is 64.2 Å². The highest BCUT2D eigenvalue weighted by Crippen LogP contribution is 2.38. The van der Waals surface area contributed by atoms with Crippen molar-refractivity contribution in [2.24, 2.45) is 0 Å². The third-order valence-corrected chi connectivity index (χ3v) is 6.75. The highest BCUT2D eigenvalue weighted by atomic mass is 16.5. The first kappa shape index (κ1) is 26.1. The van der Waals surface area contributed by atoms with Gasteiger partial charge in [0.15, 0.2) is 0 Å². The largest absolute Gasteiger partial charge is 0.497 e. The first-order valence-electron chi connectivity index (χ1n) is 13.0. The molecule has 0 saturated carbocycles. The smallest absolute Gasteiger partial charge is 0.119 e. The maximum atomic E-state index is 11.6. The zero-order valence-electron chi connectivity index (χ0n) is 21.9. The summed E-state index contributed by atoms with van der Waals surface area (Å²) in [6, 6.07) is 43.7. The third kappa shape index (κ3) is 6.86. The van der Waals surface area contributed by atoms with Crippen LogP contribution < -0.4 is 14.2 Å². The van der Waals surface area contributed by atoms with Gasteiger partial charge < -0.3 is 19.3 Å². The van der Waals surface area contributed by atoms with Crippen LogP contribution in [0, 0.1) is 0 Å². The van der Waals surface area contributed by atoms with Gasteiger partial charge in [0.2, 0.25) is 0 Å². The Morgan fingerprint density at radius 1 is 0.487 bits per heavy atom. The SMILES string of the molecule is COc1ccc([C@@H](O)C(c2ccc(OCc3ccccc3)cc2)c2ccc(OCc3ccccc3)cc2)cc1. The van der Waals surface area contributed by atoms with Crippen LogP contribution in [-0.2, 0) is 13.2 Å². The van der Waals surface area contributed by atoms with Gasteiger partial charge in [0.25, 0.3) is 0 Å². The predicted octanol–water partition coefficient (Wildman–Crippen LogP) is 7.72. The molecule has 1 N–H and O–H groups in total. The molecule has 5 rings (SSSR count). The number of aliphatic hydroxyl groups is 1. The summed E-state index contributed by atoms with van der Waals surface area (Å²) in [7, 11) is 1.64. The minimum atomic E-state index is -0.761. The van der Waals surface area contributed by atoms with Crippen molar-refractivity contribution in [2.75, 3.05) is 7.11 Å². The predicted molar refractivity (Wildman–Crippen MR) is 154 cm³/mol. The van der Waals surface area contributed by atoms with E-state index in [-0.39, 0.29) is 5.92 Å². The van der Waals surface area contributed by atoms with E-state index >= 15 is 0 Å². The van der Waals surface area contributed by atoms with Crippen molar-refractivity contribution in [1.82, 2.24) is 0 Å². The topological polar surface area (TPSA) is 47.9 Å². The van der Waals surface area contributed by atoms with E-state index in [1.165, 1.54) is 0 Å². The molecule has 0 aliphatic rings. The van der Waals surface area contributed by atoms with E-state index in [4.69, 9.17) is 14.2 Å². The maximum Gasteiger partial charge on any atom is 0.119 e. The Labute approximate surface area is 230 Å². The summed E-state index contributed by atoms with van der Waals surface area (Å²) in [5.74, 6) is 2.03. The number of benzene rings is 5. The normalized spacial score (nSPS) is 11.7. The molecule has 5 aromatic rings. The van der Waals surface area contributed by atoms with Crippen molar-refractivity contribution in [3.8, 4) is 17.2 Å². The highest BCUT2D eigenvalue weighted by molar-refractivity contribution is 5.42. The fourth-order valence-corrected chi connectivity index (χ4v) is 4.58. The van der Waals surface area contributed by atoms with Crippen LogP contribution in [0.5, 0.6) is 17.2 Å². The Bertz CT molecular complexity index is 1330. The minimum absolute atomic E-state index is 0.287. The van der Waals surface area contributed by atoms with E-state index in [9.17, 15) is 5.11 Å². The van der Waals surface area contributed by atoms with Crippen LogP contribution in [0.1, 0.15) is 39.8 Å². The second-order valence-electron chi connectivity index (χ2n) is 9.38. The van der Waals surface area contributed by atoms with Crippen molar-refractivity contribution in [3.63, 3.8) is 0 Å². The second-order valence-corrected chi connectivity index (χ2v) is 9.38. The number of methoxy groups -OCH3 is 1. The van der Waals surface area contributed by atoms with Crippen LogP contribution in [-0.4, -0.2) is 12.2 Å². The summed E-state index contributed by atoms with van der Waals surface area (Å²) >= 11 is 0. The molecule has 0 bridgehead atoms. The quantitative estimate of drug-likeness (QED) is 0.195. The van der Waals surface area contributed by atoms with Crippen molar-refractivity contribution in [2.45, 2.75) is 25.2 Å². The molecule has 5 aromatic carbocycles. The standard InChI is InChI=1S/C35H32O4/c1-37-31-18-16-30(17-19-31)35(36)34(28-12-20-32(21-13-28)38-24-26-8-4-2-5-9-26)29-14-22-33(23-15-29)39-25-27-10-6-3-7-11-27/h2-23,34-36H,24-25H2,1H3/t35-/m1/s1. The van der Waals surface area contributed by atoms with E-state index in [0.717, 1.165) is 45.1 Å². The molecule has 0 heterocycles. The molecule has 0 aliphatic heterocycles. The summed E-state index contributed by atoms with van der Waals surface area (Å²) in [4.78, 5) is 0. The average molecular weight is 517 g/mol. The zero-order valence-corrected chi connectivity index (χ0v) is 21.9. The monoisotopic (exact) mass is 516 g/mol. The van der Waals surface area contributed by atoms with E-state index in [1.807, 2.05) is 133 Å². The molecule has 0 amide bonds. The molecule has 0 saturated heterocycles. The summed E-state index contributed by atoms with van der Waals surface area (Å²) in [6.45, 7) is 1.01. The molecule has 0 radical (unpaired) electrons. The van der Waals surface area contributed by atoms with E-state index in [0.29, 0.717) is 13.2 Å². The molecular formula is C35H32O4. The Hall–Kier alpha value is -4.54. The van der Waals surface area contributed by atoms with Gasteiger partial charge in [-0.1, -0.05) is 97.1 Å². The molecular weight excluding hydrogens is 484 g/mol. The number of ether oxygens (including phenoxy) is 3. The molecule has 0 unspecified atom stereocenters. The second kappa shape index (κ2) is 12.8. The molecule has 0 aliphatic carbocycles. The minimum Gasteiger partial charge on any atom is -0.497 e. The van der Waals surface area contributed by atoms with Crippen LogP contribution in [0.15, 0.2) is 133 Å². The lowest BCUT2D eigenvalue weighted by molar-refractivity contribution is 0.159. The van der Waals surface area contributed by atoms with Crippen LogP contribution in [0.4, 0.5) is 0 Å². The Morgan fingerprint density at radius 3 is 1.28 bits per heavy atom. The van der Waals surface area contributed by atoms with Crippen molar-refractivity contribution >= 4 is 0 Å². The molecule has 4 heteroatoms. The van der Waals surface area contributed by atoms with Gasteiger partial charge >= 0.3 is 0 Å². The fraction of sp³-hybridized carbons (Fsp3) is 0.143. The lowest BCUT2D eigenvalue weighted by atomic mass is 9.83. The Balaban J connectivity index is 1.37. The van der Waals surface area contributed by atoms with Crippen molar-refractivity contribution in [1.29, 1.82) is 0 Å². The van der Waals surface area contributed by atoms with Crippen molar-refractivity contribution in [3.05, 3.63) is 161 Å². The third-order valence-electron chi connectivity index (χ3n) is 6.75. The van der Waals surface area contributed by atoms with Gasteiger partial charge in [0.05, 0.1) is 13.2 Å². The van der Waals surface area contributed by atoms with Gasteiger partial charge in [-0.2, -0.15) is 0 Å². The van der Waals surface area contributed by atoms with Gasteiger partial charge in [0.1, 0.15) is 30.5 Å². The number of rotatable bonds is 11. The molecule has 0 fully saturated rings. The van der Waals surface area contributed by atoms with Gasteiger partial charge in [-0.15, -0.1) is 0 Å². The molecule has 1 atom stereocenters. The van der Waals surface area contributed by atoms with Crippen molar-refractivity contribution < 1.29 is 19.3 Å². The maximum absolute atomic E-state index is 11.6. The number of hydrogen-bond donors (Lipinski definition) is 1. The first-order chi connectivity index (χ1) is 19.2. The number of aliphatic hydroxyl groups excluding tert-OH is 1. The molecule has 39 heavy (non-hydrogen) atoms.